The molecule has 0 saturated carbocycles. The van der Waals surface area contributed by atoms with Gasteiger partial charge in [-0.3, -0.25) is 14.9 Å². The molecule has 0 radical (unpaired) electrons. The number of sulfonamides is 1. The summed E-state index contributed by atoms with van der Waals surface area (Å²) in [4.78, 5) is 34.4. The van der Waals surface area contributed by atoms with E-state index < -0.39 is 33.4 Å². The number of ether oxygens (including phenoxy) is 1. The Morgan fingerprint density at radius 3 is 2.39 bits per heavy atom. The summed E-state index contributed by atoms with van der Waals surface area (Å²) in [6, 6.07) is 11.6. The fraction of sp³-hybridized carbons (Fsp3) is 0.273. The van der Waals surface area contributed by atoms with E-state index in [0.717, 1.165) is 25.3 Å². The maximum Gasteiger partial charge on any atom is 0.331 e. The van der Waals surface area contributed by atoms with Gasteiger partial charge in [-0.2, -0.15) is 4.31 Å². The minimum atomic E-state index is -3.56. The van der Waals surface area contributed by atoms with Crippen LogP contribution in [0.3, 0.4) is 0 Å². The fourth-order valence-corrected chi connectivity index (χ4v) is 4.82. The van der Waals surface area contributed by atoms with Crippen molar-refractivity contribution in [2.24, 2.45) is 0 Å². The Morgan fingerprint density at radius 2 is 1.73 bits per heavy atom. The lowest BCUT2D eigenvalue weighted by Crippen LogP contribution is -2.35. The summed E-state index contributed by atoms with van der Waals surface area (Å²) in [6.07, 6.45) is 4.92. The van der Waals surface area contributed by atoms with Crippen molar-refractivity contribution in [2.45, 2.75) is 24.2 Å². The number of anilines is 1. The van der Waals surface area contributed by atoms with Crippen molar-refractivity contribution in [1.82, 2.24) is 4.31 Å². The summed E-state index contributed by atoms with van der Waals surface area (Å²) in [7, 11) is -3.56. The molecule has 0 aliphatic carbocycles. The van der Waals surface area contributed by atoms with Crippen LogP contribution < -0.4 is 5.32 Å². The van der Waals surface area contributed by atoms with E-state index in [0.29, 0.717) is 18.8 Å². The second-order valence-electron chi connectivity index (χ2n) is 7.29. The van der Waals surface area contributed by atoms with Crippen molar-refractivity contribution in [1.29, 1.82) is 0 Å². The number of benzene rings is 2. The molecular weight excluding hydrogens is 450 g/mol. The number of nitro benzene ring substituents is 1. The van der Waals surface area contributed by atoms with E-state index in [1.807, 2.05) is 0 Å². The normalized spacial score (nSPS) is 14.7. The predicted octanol–water partition coefficient (Wildman–Crippen LogP) is 2.96. The van der Waals surface area contributed by atoms with Crippen LogP contribution in [0.1, 0.15) is 24.8 Å². The van der Waals surface area contributed by atoms with Gasteiger partial charge in [0, 0.05) is 30.9 Å². The Balaban J connectivity index is 1.52. The lowest BCUT2D eigenvalue weighted by molar-refractivity contribution is -0.385. The third kappa shape index (κ3) is 6.46. The molecule has 0 bridgehead atoms. The minimum Gasteiger partial charge on any atom is -0.452 e. The molecule has 2 aromatic rings. The molecule has 1 aliphatic rings. The molecule has 0 aromatic heterocycles. The Bertz CT molecular complexity index is 1150. The molecule has 3 rings (SSSR count). The van der Waals surface area contributed by atoms with E-state index in [1.165, 1.54) is 52.8 Å². The molecule has 1 amide bonds. The molecule has 11 heteroatoms. The van der Waals surface area contributed by atoms with E-state index >= 15 is 0 Å². The fourth-order valence-electron chi connectivity index (χ4n) is 3.30. The first-order valence-corrected chi connectivity index (χ1v) is 11.7. The van der Waals surface area contributed by atoms with Crippen molar-refractivity contribution in [3.05, 3.63) is 70.3 Å². The molecule has 1 saturated heterocycles. The van der Waals surface area contributed by atoms with E-state index in [4.69, 9.17) is 4.74 Å². The maximum atomic E-state index is 12.7. The Kier molecular flexibility index (Phi) is 7.91. The molecule has 0 spiro atoms. The third-order valence-corrected chi connectivity index (χ3v) is 6.88. The van der Waals surface area contributed by atoms with Gasteiger partial charge in [0.1, 0.15) is 0 Å². The van der Waals surface area contributed by atoms with Crippen LogP contribution in [0.4, 0.5) is 11.4 Å². The number of hydrogen-bond donors (Lipinski definition) is 1. The van der Waals surface area contributed by atoms with Crippen molar-refractivity contribution >= 4 is 39.4 Å². The van der Waals surface area contributed by atoms with Gasteiger partial charge in [-0.15, -0.1) is 0 Å². The van der Waals surface area contributed by atoms with Gasteiger partial charge in [-0.05, 0) is 49.2 Å². The molecule has 1 N–H and O–H groups in total. The summed E-state index contributed by atoms with van der Waals surface area (Å²) < 4.78 is 31.6. The van der Waals surface area contributed by atoms with Crippen molar-refractivity contribution < 1.29 is 27.7 Å². The second kappa shape index (κ2) is 10.8. The number of rotatable bonds is 8. The lowest BCUT2D eigenvalue weighted by Gasteiger charge is -2.25. The number of carbonyl (C=O) groups is 2. The molecule has 2 aromatic carbocycles. The average Bonchev–Trinajstić information content (AvgIpc) is 2.82. The number of esters is 1. The third-order valence-electron chi connectivity index (χ3n) is 4.97. The maximum absolute atomic E-state index is 12.7. The SMILES string of the molecule is O=C(COC(=O)/C=C/c1ccccc1[N+](=O)[O-])Nc1ccc(S(=O)(=O)N2CCCCC2)cc1. The molecule has 174 valence electrons. The van der Waals surface area contributed by atoms with Crippen molar-refractivity contribution in [3.63, 3.8) is 0 Å². The van der Waals surface area contributed by atoms with Gasteiger partial charge in [0.2, 0.25) is 10.0 Å². The van der Waals surface area contributed by atoms with Crippen LogP contribution in [0.2, 0.25) is 0 Å². The smallest absolute Gasteiger partial charge is 0.331 e. The molecule has 1 fully saturated rings. The van der Waals surface area contributed by atoms with E-state index in [-0.39, 0.29) is 16.1 Å². The van der Waals surface area contributed by atoms with Crippen LogP contribution in [-0.2, 0) is 24.3 Å². The van der Waals surface area contributed by atoms with Crippen LogP contribution in [0.5, 0.6) is 0 Å². The van der Waals surface area contributed by atoms with E-state index in [9.17, 15) is 28.1 Å². The molecule has 1 aliphatic heterocycles. The number of hydrogen-bond acceptors (Lipinski definition) is 7. The van der Waals surface area contributed by atoms with Gasteiger partial charge in [0.25, 0.3) is 11.6 Å². The number of para-hydroxylation sites is 1. The number of nitrogens with zero attached hydrogens (tertiary/aromatic N) is 2. The van der Waals surface area contributed by atoms with Gasteiger partial charge in [0.05, 0.1) is 15.4 Å². The van der Waals surface area contributed by atoms with Gasteiger partial charge >= 0.3 is 5.97 Å². The van der Waals surface area contributed by atoms with Crippen molar-refractivity contribution in [2.75, 3.05) is 25.0 Å². The molecule has 0 unspecified atom stereocenters. The van der Waals surface area contributed by atoms with Crippen LogP contribution in [0, 0.1) is 10.1 Å². The zero-order chi connectivity index (χ0) is 23.8. The van der Waals surface area contributed by atoms with Gasteiger partial charge in [-0.25, -0.2) is 13.2 Å². The first-order valence-electron chi connectivity index (χ1n) is 10.3. The lowest BCUT2D eigenvalue weighted by atomic mass is 10.1. The Labute approximate surface area is 191 Å². The quantitative estimate of drug-likeness (QED) is 0.269. The van der Waals surface area contributed by atoms with Crippen LogP contribution in [-0.4, -0.2) is 49.2 Å². The molecule has 33 heavy (non-hydrogen) atoms. The summed E-state index contributed by atoms with van der Waals surface area (Å²) in [5, 5.41) is 13.5. The molecular formula is C22H23N3O7S. The van der Waals surface area contributed by atoms with Crippen LogP contribution in [0.25, 0.3) is 6.08 Å². The summed E-state index contributed by atoms with van der Waals surface area (Å²) >= 11 is 0. The Morgan fingerprint density at radius 1 is 1.06 bits per heavy atom. The number of carbonyl (C=O) groups excluding carboxylic acids is 2. The average molecular weight is 474 g/mol. The van der Waals surface area contributed by atoms with Crippen LogP contribution in [0.15, 0.2) is 59.5 Å². The summed E-state index contributed by atoms with van der Waals surface area (Å²) in [5.74, 6) is -1.46. The highest BCUT2D eigenvalue weighted by atomic mass is 32.2. The second-order valence-corrected chi connectivity index (χ2v) is 9.23. The monoisotopic (exact) mass is 473 g/mol. The number of piperidine rings is 1. The molecule has 10 nitrogen and oxygen atoms in total. The number of nitrogens with one attached hydrogen (secondary N) is 1. The van der Waals surface area contributed by atoms with Crippen molar-refractivity contribution in [3.8, 4) is 0 Å². The Hall–Kier alpha value is -3.57. The number of amides is 1. The van der Waals surface area contributed by atoms with E-state index in [1.54, 1.807) is 6.07 Å². The highest BCUT2D eigenvalue weighted by Crippen LogP contribution is 2.22. The van der Waals surface area contributed by atoms with E-state index in [2.05, 4.69) is 5.32 Å². The van der Waals surface area contributed by atoms with Gasteiger partial charge in [-0.1, -0.05) is 18.6 Å². The largest absolute Gasteiger partial charge is 0.452 e. The minimum absolute atomic E-state index is 0.147. The van der Waals surface area contributed by atoms with Gasteiger partial charge < -0.3 is 10.1 Å². The summed E-state index contributed by atoms with van der Waals surface area (Å²) in [6.45, 7) is 0.421. The predicted molar refractivity (Wildman–Crippen MR) is 121 cm³/mol. The standard InChI is InChI=1S/C22H23N3O7S/c26-21(16-32-22(27)13-8-17-6-2-3-7-20(17)25(28)29)23-18-9-11-19(12-10-18)33(30,31)24-14-4-1-5-15-24/h2-3,6-13H,1,4-5,14-16H2,(H,23,26)/b13-8+. The highest BCUT2D eigenvalue weighted by molar-refractivity contribution is 7.89. The molecule has 0 atom stereocenters. The van der Waals surface area contributed by atoms with Gasteiger partial charge in [0.15, 0.2) is 6.61 Å². The first kappa shape index (κ1) is 24.1. The topological polar surface area (TPSA) is 136 Å². The number of nitro groups is 1. The van der Waals surface area contributed by atoms with Crippen LogP contribution >= 0.6 is 0 Å². The zero-order valence-corrected chi connectivity index (χ0v) is 18.5. The zero-order valence-electron chi connectivity index (χ0n) is 17.7. The summed E-state index contributed by atoms with van der Waals surface area (Å²) in [5.41, 5.74) is 0.414. The first-order chi connectivity index (χ1) is 15.8. The highest BCUT2D eigenvalue weighted by Gasteiger charge is 2.25. The molecule has 1 heterocycles.